The lowest BCUT2D eigenvalue weighted by atomic mass is 9.86. The summed E-state index contributed by atoms with van der Waals surface area (Å²) in [6.45, 7) is 0.893. The van der Waals surface area contributed by atoms with Gasteiger partial charge in [-0.05, 0) is 44.6 Å². The quantitative estimate of drug-likeness (QED) is 0.834. The lowest BCUT2D eigenvalue weighted by Gasteiger charge is -2.34. The molecular weight excluding hydrogens is 365 g/mol. The number of aliphatic carboxylic acids is 1. The topological polar surface area (TPSA) is 87.5 Å². The third-order valence-corrected chi connectivity index (χ3v) is 5.43. The van der Waals surface area contributed by atoms with Crippen LogP contribution in [0, 0.1) is 5.92 Å². The van der Waals surface area contributed by atoms with Crippen LogP contribution in [0.15, 0.2) is 12.3 Å². The number of hydrogen-bond donors (Lipinski definition) is 2. The lowest BCUT2D eigenvalue weighted by Crippen LogP contribution is -2.49. The zero-order chi connectivity index (χ0) is 19.6. The van der Waals surface area contributed by atoms with E-state index < -0.39 is 17.8 Å². The fourth-order valence-corrected chi connectivity index (χ4v) is 3.78. The number of likely N-dealkylation sites (tertiary alicyclic amines) is 1. The van der Waals surface area contributed by atoms with Gasteiger partial charge in [0.1, 0.15) is 0 Å². The molecule has 2 heterocycles. The van der Waals surface area contributed by atoms with E-state index >= 15 is 0 Å². The van der Waals surface area contributed by atoms with E-state index in [1.54, 1.807) is 4.90 Å². The monoisotopic (exact) mass is 388 g/mol. The van der Waals surface area contributed by atoms with Crippen LogP contribution in [-0.2, 0) is 11.0 Å². The molecule has 1 aromatic heterocycles. The van der Waals surface area contributed by atoms with Gasteiger partial charge in [0.25, 0.3) is 0 Å². The first kappa shape index (κ1) is 19.5. The van der Waals surface area contributed by atoms with Crippen LogP contribution in [0.25, 0.3) is 0 Å². The van der Waals surface area contributed by atoms with Crippen LogP contribution < -0.4 is 5.32 Å². The Kier molecular flexibility index (Phi) is 5.61. The molecule has 2 fully saturated rings. The molecule has 1 aliphatic carbocycles. The SMILES string of the molecule is O=C(O)C1CCC(NC(=O)N2CCC(n3ccc(C(F)(F)F)n3)CC2)CC1. The van der Waals surface area contributed by atoms with E-state index in [0.29, 0.717) is 51.6 Å². The number of piperidine rings is 1. The summed E-state index contributed by atoms with van der Waals surface area (Å²) in [5, 5.41) is 15.6. The van der Waals surface area contributed by atoms with Crippen LogP contribution in [0.2, 0.25) is 0 Å². The second-order valence-corrected chi connectivity index (χ2v) is 7.23. The minimum atomic E-state index is -4.45. The van der Waals surface area contributed by atoms with Crippen molar-refractivity contribution in [3.63, 3.8) is 0 Å². The maximum Gasteiger partial charge on any atom is 0.435 e. The van der Waals surface area contributed by atoms with Crippen molar-refractivity contribution in [1.82, 2.24) is 20.0 Å². The number of carbonyl (C=O) groups is 2. The molecule has 7 nitrogen and oxygen atoms in total. The molecule has 27 heavy (non-hydrogen) atoms. The normalized spacial score (nSPS) is 24.6. The summed E-state index contributed by atoms with van der Waals surface area (Å²) in [5.74, 6) is -1.11. The maximum absolute atomic E-state index is 12.7. The summed E-state index contributed by atoms with van der Waals surface area (Å²) in [4.78, 5) is 25.0. The average Bonchev–Trinajstić information content (AvgIpc) is 3.13. The zero-order valence-corrected chi connectivity index (χ0v) is 14.8. The predicted molar refractivity (Wildman–Crippen MR) is 89.0 cm³/mol. The van der Waals surface area contributed by atoms with Gasteiger partial charge in [-0.15, -0.1) is 0 Å². The highest BCUT2D eigenvalue weighted by Gasteiger charge is 2.35. The number of rotatable bonds is 3. The van der Waals surface area contributed by atoms with Gasteiger partial charge in [0.05, 0.1) is 12.0 Å². The molecule has 2 amide bonds. The Balaban J connectivity index is 1.46. The van der Waals surface area contributed by atoms with Crippen molar-refractivity contribution in [3.8, 4) is 0 Å². The molecule has 0 aromatic carbocycles. The van der Waals surface area contributed by atoms with Crippen molar-refractivity contribution < 1.29 is 27.9 Å². The molecule has 0 radical (unpaired) electrons. The molecule has 1 saturated carbocycles. The summed E-state index contributed by atoms with van der Waals surface area (Å²) < 4.78 is 39.3. The number of carboxylic acid groups (broad SMARTS) is 1. The Morgan fingerprint density at radius 1 is 1.11 bits per heavy atom. The molecule has 150 valence electrons. The predicted octanol–water partition coefficient (Wildman–Crippen LogP) is 2.89. The molecule has 3 rings (SSSR count). The Labute approximate surface area is 154 Å². The third-order valence-electron chi connectivity index (χ3n) is 5.43. The Bertz CT molecular complexity index is 675. The Morgan fingerprint density at radius 3 is 2.26 bits per heavy atom. The summed E-state index contributed by atoms with van der Waals surface area (Å²) >= 11 is 0. The van der Waals surface area contributed by atoms with E-state index in [-0.39, 0.29) is 24.0 Å². The highest BCUT2D eigenvalue weighted by atomic mass is 19.4. The first-order valence-electron chi connectivity index (χ1n) is 9.14. The van der Waals surface area contributed by atoms with E-state index in [1.807, 2.05) is 0 Å². The van der Waals surface area contributed by atoms with Crippen LogP contribution >= 0.6 is 0 Å². The first-order chi connectivity index (χ1) is 12.7. The second kappa shape index (κ2) is 7.77. The molecule has 0 atom stereocenters. The van der Waals surface area contributed by atoms with E-state index in [0.717, 1.165) is 6.07 Å². The molecule has 0 bridgehead atoms. The van der Waals surface area contributed by atoms with Gasteiger partial charge >= 0.3 is 18.2 Å². The molecule has 1 saturated heterocycles. The number of carboxylic acids is 1. The summed E-state index contributed by atoms with van der Waals surface area (Å²) in [6, 6.07) is 0.595. The second-order valence-electron chi connectivity index (χ2n) is 7.23. The minimum Gasteiger partial charge on any atom is -0.481 e. The number of aromatic nitrogens is 2. The van der Waals surface area contributed by atoms with Crippen molar-refractivity contribution in [1.29, 1.82) is 0 Å². The molecule has 0 spiro atoms. The highest BCUT2D eigenvalue weighted by Crippen LogP contribution is 2.30. The lowest BCUT2D eigenvalue weighted by molar-refractivity contribution is -0.143. The van der Waals surface area contributed by atoms with Crippen LogP contribution in [-0.4, -0.2) is 50.9 Å². The Morgan fingerprint density at radius 2 is 1.74 bits per heavy atom. The van der Waals surface area contributed by atoms with Crippen molar-refractivity contribution in [3.05, 3.63) is 18.0 Å². The van der Waals surface area contributed by atoms with Crippen molar-refractivity contribution in [2.75, 3.05) is 13.1 Å². The zero-order valence-electron chi connectivity index (χ0n) is 14.8. The highest BCUT2D eigenvalue weighted by molar-refractivity contribution is 5.74. The third kappa shape index (κ3) is 4.72. The van der Waals surface area contributed by atoms with Gasteiger partial charge in [0, 0.05) is 25.3 Å². The van der Waals surface area contributed by atoms with Crippen molar-refractivity contribution in [2.45, 2.75) is 56.8 Å². The summed E-state index contributed by atoms with van der Waals surface area (Å²) in [6.07, 6.45) is 0.373. The van der Waals surface area contributed by atoms with Gasteiger partial charge in [-0.2, -0.15) is 18.3 Å². The molecule has 2 aliphatic rings. The van der Waals surface area contributed by atoms with Gasteiger partial charge in [0.15, 0.2) is 5.69 Å². The van der Waals surface area contributed by atoms with Crippen LogP contribution in [0.4, 0.5) is 18.0 Å². The standard InChI is InChI=1S/C17H23F3N4O3/c18-17(19,20)14-7-10-24(22-14)13-5-8-23(9-6-13)16(27)21-12-3-1-11(2-4-12)15(25)26/h7,10-13H,1-6,8-9H2,(H,21,27)(H,25,26). The number of nitrogens with zero attached hydrogens (tertiary/aromatic N) is 3. The van der Waals surface area contributed by atoms with Gasteiger partial charge in [-0.3, -0.25) is 9.48 Å². The fourth-order valence-electron chi connectivity index (χ4n) is 3.78. The number of nitrogens with one attached hydrogen (secondary N) is 1. The van der Waals surface area contributed by atoms with Crippen LogP contribution in [0.1, 0.15) is 50.3 Å². The first-order valence-corrected chi connectivity index (χ1v) is 9.14. The summed E-state index contributed by atoms with van der Waals surface area (Å²) in [5.41, 5.74) is -0.903. The van der Waals surface area contributed by atoms with Crippen LogP contribution in [0.3, 0.4) is 0 Å². The molecule has 10 heteroatoms. The number of alkyl halides is 3. The van der Waals surface area contributed by atoms with Gasteiger partial charge in [-0.1, -0.05) is 0 Å². The van der Waals surface area contributed by atoms with E-state index in [4.69, 9.17) is 5.11 Å². The van der Waals surface area contributed by atoms with Crippen molar-refractivity contribution in [2.24, 2.45) is 5.92 Å². The molecule has 1 aromatic rings. The average molecular weight is 388 g/mol. The minimum absolute atomic E-state index is 0.0220. The van der Waals surface area contributed by atoms with Crippen molar-refractivity contribution >= 4 is 12.0 Å². The number of amides is 2. The molecule has 0 unspecified atom stereocenters. The van der Waals surface area contributed by atoms with E-state index in [1.165, 1.54) is 10.9 Å². The van der Waals surface area contributed by atoms with Gasteiger partial charge in [-0.25, -0.2) is 4.79 Å². The Hall–Kier alpha value is -2.26. The van der Waals surface area contributed by atoms with Gasteiger partial charge < -0.3 is 15.3 Å². The fraction of sp³-hybridized carbons (Fsp3) is 0.706. The largest absolute Gasteiger partial charge is 0.481 e. The molecule has 1 aliphatic heterocycles. The number of carbonyl (C=O) groups excluding carboxylic acids is 1. The number of urea groups is 1. The van der Waals surface area contributed by atoms with Crippen LogP contribution in [0.5, 0.6) is 0 Å². The smallest absolute Gasteiger partial charge is 0.435 e. The number of hydrogen-bond acceptors (Lipinski definition) is 3. The molecule has 2 N–H and O–H groups in total. The van der Waals surface area contributed by atoms with E-state index in [2.05, 4.69) is 10.4 Å². The number of halogens is 3. The van der Waals surface area contributed by atoms with E-state index in [9.17, 15) is 22.8 Å². The molecular formula is C17H23F3N4O3. The summed E-state index contributed by atoms with van der Waals surface area (Å²) in [7, 11) is 0. The maximum atomic E-state index is 12.7. The van der Waals surface area contributed by atoms with Gasteiger partial charge in [0.2, 0.25) is 0 Å².